The van der Waals surface area contributed by atoms with E-state index in [0.29, 0.717) is 6.04 Å². The zero-order valence-electron chi connectivity index (χ0n) is 11.4. The van der Waals surface area contributed by atoms with Gasteiger partial charge in [-0.05, 0) is 33.1 Å². The third-order valence-corrected chi connectivity index (χ3v) is 4.30. The second-order valence-corrected chi connectivity index (χ2v) is 5.57. The van der Waals surface area contributed by atoms with Crippen LogP contribution in [0.5, 0.6) is 0 Å². The number of likely N-dealkylation sites (tertiary alicyclic amines) is 1. The Morgan fingerprint density at radius 3 is 2.89 bits per heavy atom. The third kappa shape index (κ3) is 2.29. The molecule has 0 aromatic carbocycles. The zero-order chi connectivity index (χ0) is 12.5. The Kier molecular flexibility index (Phi) is 3.35. The van der Waals surface area contributed by atoms with E-state index in [0.717, 1.165) is 37.3 Å². The average Bonchev–Trinajstić information content (AvgIpc) is 2.86. The molecule has 0 spiro atoms. The van der Waals surface area contributed by atoms with Crippen molar-refractivity contribution in [1.29, 1.82) is 0 Å². The first-order valence-corrected chi connectivity index (χ1v) is 7.13. The van der Waals surface area contributed by atoms with Crippen LogP contribution in [0, 0.1) is 6.92 Å². The van der Waals surface area contributed by atoms with E-state index in [2.05, 4.69) is 31.9 Å². The van der Waals surface area contributed by atoms with E-state index in [-0.39, 0.29) is 0 Å². The number of hydrogen-bond acceptors (Lipinski definition) is 4. The number of nitrogens with one attached hydrogen (secondary N) is 1. The summed E-state index contributed by atoms with van der Waals surface area (Å²) in [7, 11) is 0. The highest BCUT2D eigenvalue weighted by atomic mass is 15.3. The smallest absolute Gasteiger partial charge is 0.147 e. The predicted molar refractivity (Wildman–Crippen MR) is 70.3 cm³/mol. The number of rotatable bonds is 3. The minimum atomic E-state index is 0.691. The van der Waals surface area contributed by atoms with Gasteiger partial charge in [0.15, 0.2) is 0 Å². The molecule has 1 aromatic heterocycles. The summed E-state index contributed by atoms with van der Waals surface area (Å²) in [5, 5.41) is 12.2. The summed E-state index contributed by atoms with van der Waals surface area (Å²) in [5.41, 5.74) is 0. The van der Waals surface area contributed by atoms with Gasteiger partial charge in [0.1, 0.15) is 11.6 Å². The number of hydrogen-bond donors (Lipinski definition) is 1. The number of nitrogens with zero attached hydrogens (tertiary/aromatic N) is 4. The summed E-state index contributed by atoms with van der Waals surface area (Å²) >= 11 is 0. The first kappa shape index (κ1) is 12.1. The average molecular weight is 249 g/mol. The van der Waals surface area contributed by atoms with Crippen molar-refractivity contribution < 1.29 is 0 Å². The standard InChI is InChI=1S/C13H23N5/c1-3-18-10(2)15-16-13(18)9-17-7-6-11-4-5-12(8-17)14-11/h11-12,14H,3-9H2,1-2H3. The molecule has 3 rings (SSSR count). The van der Waals surface area contributed by atoms with Crippen LogP contribution in [-0.2, 0) is 13.1 Å². The highest BCUT2D eigenvalue weighted by molar-refractivity contribution is 4.96. The fourth-order valence-corrected chi connectivity index (χ4v) is 3.31. The Labute approximate surface area is 109 Å². The van der Waals surface area contributed by atoms with Gasteiger partial charge in [0.05, 0.1) is 6.54 Å². The molecule has 2 saturated heterocycles. The third-order valence-electron chi connectivity index (χ3n) is 4.30. The molecule has 0 radical (unpaired) electrons. The van der Waals surface area contributed by atoms with E-state index >= 15 is 0 Å². The highest BCUT2D eigenvalue weighted by Crippen LogP contribution is 2.21. The molecule has 2 atom stereocenters. The fraction of sp³-hybridized carbons (Fsp3) is 0.846. The van der Waals surface area contributed by atoms with Gasteiger partial charge in [-0.1, -0.05) is 0 Å². The molecular weight excluding hydrogens is 226 g/mol. The van der Waals surface area contributed by atoms with E-state index in [1.807, 2.05) is 6.92 Å². The maximum absolute atomic E-state index is 4.32. The quantitative estimate of drug-likeness (QED) is 0.866. The van der Waals surface area contributed by atoms with Crippen molar-refractivity contribution in [2.24, 2.45) is 0 Å². The summed E-state index contributed by atoms with van der Waals surface area (Å²) in [6, 6.07) is 1.45. The maximum Gasteiger partial charge on any atom is 0.147 e. The van der Waals surface area contributed by atoms with Crippen LogP contribution in [0.2, 0.25) is 0 Å². The molecule has 2 aliphatic rings. The SMILES string of the molecule is CCn1c(C)nnc1CN1CCC2CCC(C1)N2. The van der Waals surface area contributed by atoms with Crippen LogP contribution in [-0.4, -0.2) is 44.8 Å². The van der Waals surface area contributed by atoms with Gasteiger partial charge in [0.2, 0.25) is 0 Å². The van der Waals surface area contributed by atoms with Crippen LogP contribution >= 0.6 is 0 Å². The Balaban J connectivity index is 1.68. The summed E-state index contributed by atoms with van der Waals surface area (Å²) in [6.45, 7) is 8.44. The highest BCUT2D eigenvalue weighted by Gasteiger charge is 2.29. The Morgan fingerprint density at radius 1 is 1.22 bits per heavy atom. The van der Waals surface area contributed by atoms with Crippen molar-refractivity contribution in [3.8, 4) is 0 Å². The summed E-state index contributed by atoms with van der Waals surface area (Å²) < 4.78 is 2.22. The van der Waals surface area contributed by atoms with Crippen LogP contribution < -0.4 is 5.32 Å². The largest absolute Gasteiger partial charge is 0.314 e. The minimum absolute atomic E-state index is 0.691. The van der Waals surface area contributed by atoms with E-state index in [4.69, 9.17) is 0 Å². The van der Waals surface area contributed by atoms with Crippen LogP contribution in [0.4, 0.5) is 0 Å². The van der Waals surface area contributed by atoms with Crippen LogP contribution in [0.3, 0.4) is 0 Å². The van der Waals surface area contributed by atoms with E-state index in [1.165, 1.54) is 25.8 Å². The number of aryl methyl sites for hydroxylation is 1. The topological polar surface area (TPSA) is 46.0 Å². The maximum atomic E-state index is 4.32. The second kappa shape index (κ2) is 4.97. The molecule has 5 heteroatoms. The molecule has 18 heavy (non-hydrogen) atoms. The van der Waals surface area contributed by atoms with Gasteiger partial charge >= 0.3 is 0 Å². The lowest BCUT2D eigenvalue weighted by Crippen LogP contribution is -2.35. The van der Waals surface area contributed by atoms with Crippen molar-refractivity contribution in [2.75, 3.05) is 13.1 Å². The van der Waals surface area contributed by atoms with Gasteiger partial charge in [-0.2, -0.15) is 0 Å². The van der Waals surface area contributed by atoms with Crippen molar-refractivity contribution in [2.45, 2.75) is 58.3 Å². The van der Waals surface area contributed by atoms with Crippen molar-refractivity contribution in [3.05, 3.63) is 11.6 Å². The molecule has 0 aliphatic carbocycles. The van der Waals surface area contributed by atoms with Gasteiger partial charge in [-0.15, -0.1) is 10.2 Å². The van der Waals surface area contributed by atoms with Crippen LogP contribution in [0.1, 0.15) is 37.8 Å². The van der Waals surface area contributed by atoms with Crippen LogP contribution in [0.25, 0.3) is 0 Å². The summed E-state index contributed by atoms with van der Waals surface area (Å²) in [4.78, 5) is 2.53. The fourth-order valence-electron chi connectivity index (χ4n) is 3.31. The van der Waals surface area contributed by atoms with Gasteiger partial charge in [0, 0.05) is 31.7 Å². The summed E-state index contributed by atoms with van der Waals surface area (Å²) in [5.74, 6) is 2.15. The molecule has 100 valence electrons. The van der Waals surface area contributed by atoms with Crippen LogP contribution in [0.15, 0.2) is 0 Å². The van der Waals surface area contributed by atoms with Crippen molar-refractivity contribution in [1.82, 2.24) is 25.0 Å². The van der Waals surface area contributed by atoms with E-state index < -0.39 is 0 Å². The lowest BCUT2D eigenvalue weighted by atomic mass is 10.1. The van der Waals surface area contributed by atoms with Gasteiger partial charge in [-0.25, -0.2) is 0 Å². The molecule has 2 aliphatic heterocycles. The van der Waals surface area contributed by atoms with Gasteiger partial charge < -0.3 is 9.88 Å². The normalized spacial score (nSPS) is 28.6. The minimum Gasteiger partial charge on any atom is -0.314 e. The van der Waals surface area contributed by atoms with E-state index in [1.54, 1.807) is 0 Å². The molecule has 3 heterocycles. The first-order chi connectivity index (χ1) is 8.76. The van der Waals surface area contributed by atoms with Crippen molar-refractivity contribution >= 4 is 0 Å². The molecule has 1 N–H and O–H groups in total. The van der Waals surface area contributed by atoms with E-state index in [9.17, 15) is 0 Å². The molecule has 1 aromatic rings. The monoisotopic (exact) mass is 249 g/mol. The lowest BCUT2D eigenvalue weighted by Gasteiger charge is -2.23. The number of aromatic nitrogens is 3. The second-order valence-electron chi connectivity index (χ2n) is 5.57. The molecule has 2 bridgehead atoms. The Morgan fingerprint density at radius 2 is 2.06 bits per heavy atom. The first-order valence-electron chi connectivity index (χ1n) is 7.13. The van der Waals surface area contributed by atoms with Gasteiger partial charge in [-0.3, -0.25) is 4.90 Å². The molecule has 2 fully saturated rings. The lowest BCUT2D eigenvalue weighted by molar-refractivity contribution is 0.241. The summed E-state index contributed by atoms with van der Waals surface area (Å²) in [6.07, 6.45) is 3.97. The molecular formula is C13H23N5. The Hall–Kier alpha value is -0.940. The van der Waals surface area contributed by atoms with Gasteiger partial charge in [0.25, 0.3) is 0 Å². The zero-order valence-corrected chi connectivity index (χ0v) is 11.4. The molecule has 2 unspecified atom stereocenters. The molecule has 0 amide bonds. The number of fused-ring (bicyclic) bond motifs is 2. The predicted octanol–water partition coefficient (Wildman–Crippen LogP) is 0.933. The molecule has 0 saturated carbocycles. The Bertz CT molecular complexity index is 414. The van der Waals surface area contributed by atoms with Crippen molar-refractivity contribution in [3.63, 3.8) is 0 Å². The molecule has 5 nitrogen and oxygen atoms in total.